The van der Waals surface area contributed by atoms with E-state index in [0.717, 1.165) is 10.7 Å². The number of thiazole rings is 1. The van der Waals surface area contributed by atoms with Gasteiger partial charge in [0.25, 0.3) is 0 Å². The van der Waals surface area contributed by atoms with Crippen LogP contribution in [-0.4, -0.2) is 16.0 Å². The molecule has 0 saturated carbocycles. The van der Waals surface area contributed by atoms with Crippen molar-refractivity contribution in [1.29, 1.82) is 0 Å². The van der Waals surface area contributed by atoms with E-state index < -0.39 is 0 Å². The summed E-state index contributed by atoms with van der Waals surface area (Å²) in [6.45, 7) is 2.36. The maximum absolute atomic E-state index is 11.7. The van der Waals surface area contributed by atoms with Gasteiger partial charge in [-0.25, -0.2) is 4.98 Å². The molecule has 5 heteroatoms. The Morgan fingerprint density at radius 1 is 1.44 bits per heavy atom. The molecule has 2 N–H and O–H groups in total. The minimum absolute atomic E-state index is 0.123. The summed E-state index contributed by atoms with van der Waals surface area (Å²) in [5.74, 6) is 0.0271. The Morgan fingerprint density at radius 2 is 2.22 bits per heavy atom. The maximum Gasteiger partial charge on any atom is 0.224 e. The molecule has 4 nitrogen and oxygen atoms in total. The number of rotatable bonds is 4. The van der Waals surface area contributed by atoms with E-state index >= 15 is 0 Å². The third-order valence-corrected chi connectivity index (χ3v) is 3.30. The van der Waals surface area contributed by atoms with E-state index in [1.54, 1.807) is 35.6 Å². The summed E-state index contributed by atoms with van der Waals surface area (Å²) in [6, 6.07) is 6.84. The standard InChI is InChI=1S/C13H14N2O2S/c1-9-15-11(8-18-9)7-14-13(17)6-10-4-2-3-5-12(10)16/h2-5,8,16H,6-7H2,1H3,(H,14,17). The Hall–Kier alpha value is -1.88. The summed E-state index contributed by atoms with van der Waals surface area (Å²) >= 11 is 1.56. The van der Waals surface area contributed by atoms with Gasteiger partial charge in [0.15, 0.2) is 0 Å². The van der Waals surface area contributed by atoms with Gasteiger partial charge in [-0.1, -0.05) is 18.2 Å². The van der Waals surface area contributed by atoms with Crippen molar-refractivity contribution >= 4 is 17.2 Å². The van der Waals surface area contributed by atoms with Gasteiger partial charge in [-0.2, -0.15) is 0 Å². The number of hydrogen-bond donors (Lipinski definition) is 2. The monoisotopic (exact) mass is 262 g/mol. The van der Waals surface area contributed by atoms with Crippen molar-refractivity contribution in [2.24, 2.45) is 0 Å². The Balaban J connectivity index is 1.88. The van der Waals surface area contributed by atoms with Crippen LogP contribution in [0.15, 0.2) is 29.6 Å². The number of nitrogens with zero attached hydrogens (tertiary/aromatic N) is 1. The molecule has 0 atom stereocenters. The molecule has 1 aromatic carbocycles. The number of amides is 1. The number of hydrogen-bond acceptors (Lipinski definition) is 4. The fraction of sp³-hybridized carbons (Fsp3) is 0.231. The predicted octanol–water partition coefficient (Wildman–Crippen LogP) is 2.02. The van der Waals surface area contributed by atoms with Crippen LogP contribution >= 0.6 is 11.3 Å². The van der Waals surface area contributed by atoms with Gasteiger partial charge in [0.2, 0.25) is 5.91 Å². The molecule has 0 unspecified atom stereocenters. The summed E-state index contributed by atoms with van der Waals surface area (Å²) in [5, 5.41) is 15.3. The fourth-order valence-corrected chi connectivity index (χ4v) is 2.19. The second-order valence-corrected chi connectivity index (χ2v) is 5.00. The first kappa shape index (κ1) is 12.6. The van der Waals surface area contributed by atoms with Crippen LogP contribution in [0.5, 0.6) is 5.75 Å². The van der Waals surface area contributed by atoms with Crippen LogP contribution in [0.3, 0.4) is 0 Å². The molecule has 0 aliphatic rings. The first-order valence-corrected chi connectivity index (χ1v) is 6.47. The van der Waals surface area contributed by atoms with E-state index in [1.165, 1.54) is 0 Å². The van der Waals surface area contributed by atoms with Crippen LogP contribution in [0.2, 0.25) is 0 Å². The highest BCUT2D eigenvalue weighted by molar-refractivity contribution is 7.09. The number of aromatic nitrogens is 1. The number of aryl methyl sites for hydroxylation is 1. The summed E-state index contributed by atoms with van der Waals surface area (Å²) in [4.78, 5) is 16.0. The molecule has 94 valence electrons. The van der Waals surface area contributed by atoms with E-state index in [-0.39, 0.29) is 18.1 Å². The fourth-order valence-electron chi connectivity index (χ4n) is 1.57. The summed E-state index contributed by atoms with van der Waals surface area (Å²) in [6.07, 6.45) is 0.176. The van der Waals surface area contributed by atoms with Crippen LogP contribution in [0.25, 0.3) is 0 Å². The number of benzene rings is 1. The summed E-state index contributed by atoms with van der Waals surface area (Å²) in [7, 11) is 0. The molecule has 1 amide bonds. The van der Waals surface area contributed by atoms with Crippen LogP contribution in [0, 0.1) is 6.92 Å². The van der Waals surface area contributed by atoms with E-state index in [9.17, 15) is 9.90 Å². The molecule has 2 rings (SSSR count). The van der Waals surface area contributed by atoms with Crippen LogP contribution in [0.1, 0.15) is 16.3 Å². The van der Waals surface area contributed by atoms with Crippen molar-refractivity contribution in [3.05, 3.63) is 45.9 Å². The molecule has 1 heterocycles. The van der Waals surface area contributed by atoms with Crippen LogP contribution in [0.4, 0.5) is 0 Å². The lowest BCUT2D eigenvalue weighted by Crippen LogP contribution is -2.24. The van der Waals surface area contributed by atoms with Crippen molar-refractivity contribution in [2.75, 3.05) is 0 Å². The second kappa shape index (κ2) is 5.64. The maximum atomic E-state index is 11.7. The zero-order chi connectivity index (χ0) is 13.0. The van der Waals surface area contributed by atoms with Crippen molar-refractivity contribution in [3.63, 3.8) is 0 Å². The topological polar surface area (TPSA) is 62.2 Å². The van der Waals surface area contributed by atoms with Crippen LogP contribution in [-0.2, 0) is 17.8 Å². The molecule has 0 fully saturated rings. The molecular weight excluding hydrogens is 248 g/mol. The molecule has 0 aliphatic carbocycles. The van der Waals surface area contributed by atoms with Crippen molar-refractivity contribution in [1.82, 2.24) is 10.3 Å². The summed E-state index contributed by atoms with van der Waals surface area (Å²) in [5.41, 5.74) is 1.49. The van der Waals surface area contributed by atoms with Gasteiger partial charge >= 0.3 is 0 Å². The third-order valence-electron chi connectivity index (χ3n) is 2.48. The van der Waals surface area contributed by atoms with Gasteiger partial charge in [0.1, 0.15) is 5.75 Å². The van der Waals surface area contributed by atoms with E-state index in [1.807, 2.05) is 12.3 Å². The number of para-hydroxylation sites is 1. The van der Waals surface area contributed by atoms with E-state index in [4.69, 9.17) is 0 Å². The first-order valence-electron chi connectivity index (χ1n) is 5.60. The molecule has 18 heavy (non-hydrogen) atoms. The highest BCUT2D eigenvalue weighted by atomic mass is 32.1. The molecule has 0 radical (unpaired) electrons. The van der Waals surface area contributed by atoms with Gasteiger partial charge < -0.3 is 10.4 Å². The smallest absolute Gasteiger partial charge is 0.224 e. The quantitative estimate of drug-likeness (QED) is 0.886. The molecule has 0 bridgehead atoms. The second-order valence-electron chi connectivity index (χ2n) is 3.94. The number of aromatic hydroxyl groups is 1. The van der Waals surface area contributed by atoms with Crippen molar-refractivity contribution in [2.45, 2.75) is 19.9 Å². The van der Waals surface area contributed by atoms with Crippen molar-refractivity contribution < 1.29 is 9.90 Å². The minimum Gasteiger partial charge on any atom is -0.508 e. The first-order chi connectivity index (χ1) is 8.65. The van der Waals surface area contributed by atoms with Gasteiger partial charge in [-0.15, -0.1) is 11.3 Å². The van der Waals surface area contributed by atoms with Gasteiger partial charge in [0, 0.05) is 10.9 Å². The molecule has 0 saturated heterocycles. The lowest BCUT2D eigenvalue weighted by atomic mass is 10.1. The molecule has 0 spiro atoms. The normalized spacial score (nSPS) is 10.3. The van der Waals surface area contributed by atoms with Crippen LogP contribution < -0.4 is 5.32 Å². The average molecular weight is 262 g/mol. The van der Waals surface area contributed by atoms with Gasteiger partial charge in [0.05, 0.1) is 23.7 Å². The zero-order valence-corrected chi connectivity index (χ0v) is 10.8. The Labute approximate surface area is 109 Å². The van der Waals surface area contributed by atoms with E-state index in [0.29, 0.717) is 12.1 Å². The number of phenols is 1. The SMILES string of the molecule is Cc1nc(CNC(=O)Cc2ccccc2O)cs1. The third kappa shape index (κ3) is 3.30. The summed E-state index contributed by atoms with van der Waals surface area (Å²) < 4.78 is 0. The Bertz CT molecular complexity index is 551. The minimum atomic E-state index is -0.123. The number of nitrogens with one attached hydrogen (secondary N) is 1. The largest absolute Gasteiger partial charge is 0.508 e. The van der Waals surface area contributed by atoms with Gasteiger partial charge in [-0.3, -0.25) is 4.79 Å². The number of carbonyl (C=O) groups excluding carboxylic acids is 1. The van der Waals surface area contributed by atoms with E-state index in [2.05, 4.69) is 10.3 Å². The lowest BCUT2D eigenvalue weighted by molar-refractivity contribution is -0.120. The predicted molar refractivity (Wildman–Crippen MR) is 70.5 cm³/mol. The van der Waals surface area contributed by atoms with Gasteiger partial charge in [-0.05, 0) is 13.0 Å². The highest BCUT2D eigenvalue weighted by Crippen LogP contribution is 2.16. The number of phenolic OH excluding ortho intramolecular Hbond substituents is 1. The molecule has 2 aromatic rings. The highest BCUT2D eigenvalue weighted by Gasteiger charge is 2.07. The number of carbonyl (C=O) groups is 1. The Kier molecular flexibility index (Phi) is 3.94. The lowest BCUT2D eigenvalue weighted by Gasteiger charge is -2.05. The zero-order valence-electron chi connectivity index (χ0n) is 10.0. The molecule has 0 aliphatic heterocycles. The average Bonchev–Trinajstić information content (AvgIpc) is 2.76. The molecular formula is C13H14N2O2S. The molecule has 1 aromatic heterocycles. The Morgan fingerprint density at radius 3 is 2.89 bits per heavy atom. The van der Waals surface area contributed by atoms with Crippen molar-refractivity contribution in [3.8, 4) is 5.75 Å².